The van der Waals surface area contributed by atoms with E-state index in [4.69, 9.17) is 18.9 Å². The van der Waals surface area contributed by atoms with E-state index in [9.17, 15) is 9.59 Å². The maximum atomic E-state index is 12.9. The Balaban J connectivity index is 1.03. The van der Waals surface area contributed by atoms with Gasteiger partial charge in [0.15, 0.2) is 0 Å². The number of furan rings is 1. The Morgan fingerprint density at radius 3 is 1.90 bits per heavy atom. The molecule has 2 N–H and O–H groups in total. The summed E-state index contributed by atoms with van der Waals surface area (Å²) in [7, 11) is 0. The van der Waals surface area contributed by atoms with Crippen LogP contribution in [0.3, 0.4) is 0 Å². The second kappa shape index (κ2) is 12.2. The highest BCUT2D eigenvalue weighted by molar-refractivity contribution is 6.07. The van der Waals surface area contributed by atoms with E-state index < -0.39 is 11.2 Å². The van der Waals surface area contributed by atoms with E-state index in [1.54, 1.807) is 9.80 Å². The molecule has 51 heavy (non-hydrogen) atoms. The number of amides is 2. The fraction of sp³-hybridized carbons (Fsp3) is 0.400. The largest absolute Gasteiger partial charge is 0.456 e. The van der Waals surface area contributed by atoms with Crippen LogP contribution in [0.15, 0.2) is 65.2 Å². The molecule has 0 bridgehead atoms. The van der Waals surface area contributed by atoms with Crippen LogP contribution >= 0.6 is 0 Å². The molecule has 2 saturated heterocycles. The lowest BCUT2D eigenvalue weighted by Crippen LogP contribution is -2.36. The molecule has 0 aliphatic carbocycles. The number of rotatable bonds is 4. The number of nitrogens with zero attached hydrogens (tertiary/aromatic N) is 4. The number of H-pyrrole nitrogens is 2. The Morgan fingerprint density at radius 2 is 1.27 bits per heavy atom. The first-order chi connectivity index (χ1) is 24.3. The molecule has 11 nitrogen and oxygen atoms in total. The van der Waals surface area contributed by atoms with E-state index in [-0.39, 0.29) is 24.3 Å². The lowest BCUT2D eigenvalue weighted by Gasteiger charge is -2.27. The van der Waals surface area contributed by atoms with Crippen LogP contribution < -0.4 is 0 Å². The summed E-state index contributed by atoms with van der Waals surface area (Å²) in [4.78, 5) is 45.8. The van der Waals surface area contributed by atoms with Crippen molar-refractivity contribution in [2.75, 3.05) is 13.1 Å². The van der Waals surface area contributed by atoms with Crippen LogP contribution in [0.1, 0.15) is 91.0 Å². The molecular formula is C40H44N6O5. The number of carbonyl (C=O) groups excluding carboxylic acids is 2. The maximum Gasteiger partial charge on any atom is 0.410 e. The molecule has 0 radical (unpaired) electrons. The van der Waals surface area contributed by atoms with Gasteiger partial charge in [0.05, 0.1) is 35.0 Å². The average molecular weight is 689 g/mol. The minimum absolute atomic E-state index is 0.143. The highest BCUT2D eigenvalue weighted by Gasteiger charge is 2.36. The van der Waals surface area contributed by atoms with Gasteiger partial charge in [0.2, 0.25) is 0 Å². The molecule has 2 amide bonds. The van der Waals surface area contributed by atoms with E-state index in [1.807, 2.05) is 59.9 Å². The maximum absolute atomic E-state index is 12.9. The summed E-state index contributed by atoms with van der Waals surface area (Å²) in [6.45, 7) is 12.6. The Morgan fingerprint density at radius 1 is 0.725 bits per heavy atom. The van der Waals surface area contributed by atoms with Crippen molar-refractivity contribution in [2.24, 2.45) is 0 Å². The quantitative estimate of drug-likeness (QED) is 0.189. The number of aromatic amines is 2. The van der Waals surface area contributed by atoms with Gasteiger partial charge in [-0.25, -0.2) is 19.6 Å². The first kappa shape index (κ1) is 32.9. The smallest absolute Gasteiger partial charge is 0.410 e. The Hall–Kier alpha value is -5.32. The van der Waals surface area contributed by atoms with Gasteiger partial charge in [0, 0.05) is 29.4 Å². The van der Waals surface area contributed by atoms with Crippen molar-refractivity contribution in [3.63, 3.8) is 0 Å². The van der Waals surface area contributed by atoms with Crippen molar-refractivity contribution in [3.8, 4) is 22.4 Å². The zero-order valence-corrected chi connectivity index (χ0v) is 30.0. The Kier molecular flexibility index (Phi) is 7.84. The number of nitrogens with one attached hydrogen (secondary N) is 2. The molecule has 8 rings (SSSR count). The number of carbonyl (C=O) groups is 2. The highest BCUT2D eigenvalue weighted by Crippen LogP contribution is 2.38. The van der Waals surface area contributed by atoms with Gasteiger partial charge in [-0.05, 0) is 115 Å². The number of ether oxygens (including phenoxy) is 2. The Labute approximate surface area is 296 Å². The summed E-state index contributed by atoms with van der Waals surface area (Å²) in [6, 6.07) is 18.4. The normalized spacial score (nSPS) is 18.4. The molecule has 3 aromatic heterocycles. The van der Waals surface area contributed by atoms with Gasteiger partial charge in [-0.1, -0.05) is 18.2 Å². The van der Waals surface area contributed by atoms with Crippen molar-refractivity contribution in [3.05, 3.63) is 72.4 Å². The van der Waals surface area contributed by atoms with Crippen LogP contribution in [0, 0.1) is 0 Å². The van der Waals surface area contributed by atoms with Gasteiger partial charge in [0.1, 0.15) is 34.0 Å². The molecule has 2 aliphatic rings. The van der Waals surface area contributed by atoms with E-state index in [0.29, 0.717) is 13.1 Å². The number of imidazole rings is 2. The van der Waals surface area contributed by atoms with E-state index in [2.05, 4.69) is 57.4 Å². The number of hydrogen-bond acceptors (Lipinski definition) is 7. The summed E-state index contributed by atoms with van der Waals surface area (Å²) in [5.41, 5.74) is 6.13. The van der Waals surface area contributed by atoms with Crippen molar-refractivity contribution in [2.45, 2.75) is 90.5 Å². The molecule has 2 atom stereocenters. The van der Waals surface area contributed by atoms with Crippen molar-refractivity contribution in [1.82, 2.24) is 29.7 Å². The SMILES string of the molecule is CC(C)(C)OC(=O)N1CCC[C@@H]1c1ncc(-c2ccc3c(c2)oc2cc(-c4ccc5nc([C@H]6CCCN6C(=O)OC(C)(C)C)[nH]c5c4)ccc23)[nH]1. The molecule has 0 saturated carbocycles. The second-order valence-corrected chi connectivity index (χ2v) is 15.7. The van der Waals surface area contributed by atoms with Gasteiger partial charge >= 0.3 is 12.2 Å². The van der Waals surface area contributed by atoms with Crippen LogP contribution in [0.5, 0.6) is 0 Å². The predicted molar refractivity (Wildman–Crippen MR) is 196 cm³/mol. The third kappa shape index (κ3) is 6.41. The Bertz CT molecular complexity index is 2290. The van der Waals surface area contributed by atoms with Gasteiger partial charge in [0.25, 0.3) is 0 Å². The van der Waals surface area contributed by atoms with E-state index in [1.165, 1.54) is 0 Å². The van der Waals surface area contributed by atoms with E-state index in [0.717, 1.165) is 92.7 Å². The number of aromatic nitrogens is 4. The number of benzene rings is 3. The predicted octanol–water partition coefficient (Wildman–Crippen LogP) is 9.66. The molecule has 5 heterocycles. The average Bonchev–Trinajstić information content (AvgIpc) is 3.89. The molecule has 3 aromatic carbocycles. The van der Waals surface area contributed by atoms with Crippen molar-refractivity contribution in [1.29, 1.82) is 0 Å². The van der Waals surface area contributed by atoms with Gasteiger partial charge < -0.3 is 23.9 Å². The number of likely N-dealkylation sites (tertiary alicyclic amines) is 2. The fourth-order valence-electron chi connectivity index (χ4n) is 7.32. The fourth-order valence-corrected chi connectivity index (χ4v) is 7.32. The first-order valence-electron chi connectivity index (χ1n) is 17.8. The minimum atomic E-state index is -0.554. The topological polar surface area (TPSA) is 130 Å². The van der Waals surface area contributed by atoms with Gasteiger partial charge in [-0.2, -0.15) is 0 Å². The summed E-state index contributed by atoms with van der Waals surface area (Å²) in [6.07, 6.45) is 4.69. The molecule has 6 aromatic rings. The summed E-state index contributed by atoms with van der Waals surface area (Å²) >= 11 is 0. The highest BCUT2D eigenvalue weighted by atomic mass is 16.6. The number of hydrogen-bond donors (Lipinski definition) is 2. The van der Waals surface area contributed by atoms with Crippen LogP contribution in [0.25, 0.3) is 55.4 Å². The van der Waals surface area contributed by atoms with Crippen molar-refractivity contribution >= 4 is 45.2 Å². The third-order valence-corrected chi connectivity index (χ3v) is 9.61. The molecule has 0 spiro atoms. The standard InChI is InChI=1S/C40H44N6O5/c1-39(2,3)50-37(47)45-17-7-9-31(45)35-41-22-30(44-35)25-12-15-27-26-14-11-24(20-33(26)49-34(27)21-25)23-13-16-28-29(19-23)43-36(42-28)32-10-8-18-46(32)38(48)51-40(4,5)6/h11-16,19-22,31-32H,7-10,17-18H2,1-6H3,(H,41,44)(H,42,43)/t31-,32-/m1/s1. The zero-order chi connectivity index (χ0) is 35.7. The monoisotopic (exact) mass is 688 g/mol. The van der Waals surface area contributed by atoms with Crippen LogP contribution in [-0.2, 0) is 9.47 Å². The lowest BCUT2D eigenvalue weighted by molar-refractivity contribution is 0.0208. The molecule has 2 fully saturated rings. The molecule has 2 aliphatic heterocycles. The number of fused-ring (bicyclic) bond motifs is 4. The third-order valence-electron chi connectivity index (χ3n) is 9.61. The summed E-state index contributed by atoms with van der Waals surface area (Å²) < 4.78 is 17.8. The van der Waals surface area contributed by atoms with Gasteiger partial charge in [-0.3, -0.25) is 9.80 Å². The van der Waals surface area contributed by atoms with Gasteiger partial charge in [-0.15, -0.1) is 0 Å². The molecular weight excluding hydrogens is 644 g/mol. The minimum Gasteiger partial charge on any atom is -0.456 e. The van der Waals surface area contributed by atoms with Crippen molar-refractivity contribution < 1.29 is 23.5 Å². The second-order valence-electron chi connectivity index (χ2n) is 15.7. The lowest BCUT2D eigenvalue weighted by atomic mass is 10.0. The van der Waals surface area contributed by atoms with Crippen LogP contribution in [0.2, 0.25) is 0 Å². The zero-order valence-electron chi connectivity index (χ0n) is 30.0. The first-order valence-corrected chi connectivity index (χ1v) is 17.8. The van der Waals surface area contributed by atoms with Crippen LogP contribution in [-0.4, -0.2) is 66.2 Å². The van der Waals surface area contributed by atoms with E-state index >= 15 is 0 Å². The molecule has 0 unspecified atom stereocenters. The summed E-state index contributed by atoms with van der Waals surface area (Å²) in [5, 5.41) is 2.07. The summed E-state index contributed by atoms with van der Waals surface area (Å²) in [5.74, 6) is 1.54. The molecule has 11 heteroatoms. The van der Waals surface area contributed by atoms with Crippen LogP contribution in [0.4, 0.5) is 9.59 Å². The molecule has 264 valence electrons.